The lowest BCUT2D eigenvalue weighted by molar-refractivity contribution is -0.161. The molecule has 0 heterocycles. The molecule has 0 aromatic heterocycles. The average Bonchev–Trinajstić information content (AvgIpc) is 2.99. The van der Waals surface area contributed by atoms with Crippen LogP contribution in [0.5, 0.6) is 0 Å². The van der Waals surface area contributed by atoms with Crippen molar-refractivity contribution < 1.29 is 24.2 Å². The first-order valence-electron chi connectivity index (χ1n) is 17.9. The molecule has 0 bridgehead atoms. The number of rotatable bonds is 32. The van der Waals surface area contributed by atoms with E-state index in [1.807, 2.05) is 0 Å². The van der Waals surface area contributed by atoms with Crippen molar-refractivity contribution in [2.24, 2.45) is 0 Å². The Bertz CT molecular complexity index is 642. The molecule has 5 nitrogen and oxygen atoms in total. The molecule has 246 valence electrons. The summed E-state index contributed by atoms with van der Waals surface area (Å²) in [7, 11) is 0. The fourth-order valence-corrected chi connectivity index (χ4v) is 4.99. The molecule has 0 aliphatic heterocycles. The van der Waals surface area contributed by atoms with Crippen molar-refractivity contribution in [3.05, 3.63) is 24.3 Å². The van der Waals surface area contributed by atoms with E-state index in [9.17, 15) is 14.7 Å². The number of unbranched alkanes of at least 4 members (excludes halogenated alkanes) is 20. The zero-order chi connectivity index (χ0) is 30.8. The maximum absolute atomic E-state index is 12.1. The van der Waals surface area contributed by atoms with Gasteiger partial charge in [0, 0.05) is 12.8 Å². The van der Waals surface area contributed by atoms with E-state index in [0.29, 0.717) is 12.8 Å². The number of hydrogen-bond donors (Lipinski definition) is 1. The molecule has 0 aliphatic carbocycles. The highest BCUT2D eigenvalue weighted by atomic mass is 16.6. The number of aliphatic hydroxyl groups is 1. The standard InChI is InChI=1S/C37H68O5/c1-3-5-7-9-11-13-14-15-16-17-18-19-20-21-22-24-26-28-30-32-37(40)42-35(33-38)34-41-36(39)31-29-27-25-23-12-10-8-6-4-2/h11,13,15-16,35,38H,3-10,12,14,17-34H2,1-2H3/b13-11-,16-15-/t35-/m0/s1. The fourth-order valence-electron chi connectivity index (χ4n) is 4.99. The van der Waals surface area contributed by atoms with Crippen LogP contribution in [-0.4, -0.2) is 36.4 Å². The number of allylic oxidation sites excluding steroid dienone is 4. The van der Waals surface area contributed by atoms with Gasteiger partial charge >= 0.3 is 11.9 Å². The first-order valence-corrected chi connectivity index (χ1v) is 17.9. The molecule has 0 aromatic carbocycles. The summed E-state index contributed by atoms with van der Waals surface area (Å²) in [6.07, 6.45) is 38.1. The highest BCUT2D eigenvalue weighted by Gasteiger charge is 2.16. The largest absolute Gasteiger partial charge is 0.462 e. The van der Waals surface area contributed by atoms with Crippen molar-refractivity contribution in [3.63, 3.8) is 0 Å². The van der Waals surface area contributed by atoms with Gasteiger partial charge in [0.15, 0.2) is 6.10 Å². The molecule has 0 radical (unpaired) electrons. The molecule has 1 N–H and O–H groups in total. The molecule has 0 saturated heterocycles. The van der Waals surface area contributed by atoms with Gasteiger partial charge in [-0.2, -0.15) is 0 Å². The lowest BCUT2D eigenvalue weighted by Gasteiger charge is -2.15. The molecular formula is C37H68O5. The molecule has 0 rings (SSSR count). The van der Waals surface area contributed by atoms with Crippen LogP contribution in [0.4, 0.5) is 0 Å². The third kappa shape index (κ3) is 31.3. The smallest absolute Gasteiger partial charge is 0.306 e. The minimum absolute atomic E-state index is 0.0642. The monoisotopic (exact) mass is 593 g/mol. The Balaban J connectivity index is 3.54. The van der Waals surface area contributed by atoms with E-state index in [2.05, 4.69) is 38.2 Å². The van der Waals surface area contributed by atoms with Gasteiger partial charge in [0.05, 0.1) is 6.61 Å². The molecule has 42 heavy (non-hydrogen) atoms. The van der Waals surface area contributed by atoms with Crippen molar-refractivity contribution >= 4 is 11.9 Å². The van der Waals surface area contributed by atoms with Crippen LogP contribution >= 0.6 is 0 Å². The molecular weight excluding hydrogens is 524 g/mol. The number of carbonyl (C=O) groups is 2. The second-order valence-corrected chi connectivity index (χ2v) is 12.0. The predicted molar refractivity (Wildman–Crippen MR) is 178 cm³/mol. The summed E-state index contributed by atoms with van der Waals surface area (Å²) in [6, 6.07) is 0. The van der Waals surface area contributed by atoms with Gasteiger partial charge < -0.3 is 14.6 Å². The van der Waals surface area contributed by atoms with Gasteiger partial charge in [-0.15, -0.1) is 0 Å². The van der Waals surface area contributed by atoms with Gasteiger partial charge in [-0.05, 0) is 44.9 Å². The lowest BCUT2D eigenvalue weighted by atomic mass is 10.1. The number of hydrogen-bond acceptors (Lipinski definition) is 5. The van der Waals surface area contributed by atoms with Gasteiger partial charge in [0.1, 0.15) is 6.61 Å². The normalized spacial score (nSPS) is 12.4. The number of ether oxygens (including phenoxy) is 2. The van der Waals surface area contributed by atoms with E-state index >= 15 is 0 Å². The van der Waals surface area contributed by atoms with Gasteiger partial charge in [-0.1, -0.05) is 147 Å². The molecule has 0 unspecified atom stereocenters. The van der Waals surface area contributed by atoms with Crippen LogP contribution in [0.2, 0.25) is 0 Å². The number of esters is 2. The van der Waals surface area contributed by atoms with Crippen molar-refractivity contribution in [2.45, 2.75) is 187 Å². The average molecular weight is 593 g/mol. The SMILES string of the molecule is CCCCC/C=C\C/C=C\CCCCCCCCCCCC(=O)O[C@@H](CO)COC(=O)CCCCCCCCCCC. The second kappa shape index (κ2) is 33.9. The van der Waals surface area contributed by atoms with Gasteiger partial charge in [-0.25, -0.2) is 0 Å². The molecule has 0 aromatic rings. The Morgan fingerprint density at radius 2 is 0.952 bits per heavy atom. The second-order valence-electron chi connectivity index (χ2n) is 12.0. The summed E-state index contributed by atoms with van der Waals surface area (Å²) in [5.41, 5.74) is 0. The molecule has 0 saturated carbocycles. The summed E-state index contributed by atoms with van der Waals surface area (Å²) in [5.74, 6) is -0.596. The van der Waals surface area contributed by atoms with E-state index in [0.717, 1.165) is 44.9 Å². The Morgan fingerprint density at radius 1 is 0.548 bits per heavy atom. The van der Waals surface area contributed by atoms with E-state index in [1.54, 1.807) is 0 Å². The lowest BCUT2D eigenvalue weighted by Crippen LogP contribution is -2.28. The molecule has 0 fully saturated rings. The Kier molecular flexibility index (Phi) is 32.6. The van der Waals surface area contributed by atoms with Crippen molar-refractivity contribution in [2.75, 3.05) is 13.2 Å². The van der Waals surface area contributed by atoms with Crippen LogP contribution < -0.4 is 0 Å². The van der Waals surface area contributed by atoms with Crippen LogP contribution in [0, 0.1) is 0 Å². The maximum atomic E-state index is 12.1. The Hall–Kier alpha value is -1.62. The number of aliphatic hydroxyl groups excluding tert-OH is 1. The van der Waals surface area contributed by atoms with E-state index < -0.39 is 6.10 Å². The van der Waals surface area contributed by atoms with Crippen LogP contribution in [-0.2, 0) is 19.1 Å². The van der Waals surface area contributed by atoms with Crippen LogP contribution in [0.15, 0.2) is 24.3 Å². The summed E-state index contributed by atoms with van der Waals surface area (Å²) >= 11 is 0. The molecule has 0 spiro atoms. The highest BCUT2D eigenvalue weighted by Crippen LogP contribution is 2.13. The summed E-state index contributed by atoms with van der Waals surface area (Å²) < 4.78 is 10.5. The summed E-state index contributed by atoms with van der Waals surface area (Å²) in [6.45, 7) is 4.08. The Morgan fingerprint density at radius 3 is 1.45 bits per heavy atom. The number of carbonyl (C=O) groups excluding carboxylic acids is 2. The zero-order valence-electron chi connectivity index (χ0n) is 27.8. The Labute approximate surface area is 260 Å². The minimum atomic E-state index is -0.766. The molecule has 1 atom stereocenters. The summed E-state index contributed by atoms with van der Waals surface area (Å²) in [4.78, 5) is 24.1. The highest BCUT2D eigenvalue weighted by molar-refractivity contribution is 5.70. The van der Waals surface area contributed by atoms with E-state index in [-0.39, 0.29) is 25.2 Å². The maximum Gasteiger partial charge on any atom is 0.306 e. The van der Waals surface area contributed by atoms with Gasteiger partial charge in [-0.3, -0.25) is 9.59 Å². The molecule has 5 heteroatoms. The first-order chi connectivity index (χ1) is 20.6. The first kappa shape index (κ1) is 40.4. The van der Waals surface area contributed by atoms with Crippen LogP contribution in [0.1, 0.15) is 181 Å². The van der Waals surface area contributed by atoms with Crippen LogP contribution in [0.25, 0.3) is 0 Å². The van der Waals surface area contributed by atoms with Gasteiger partial charge in [0.25, 0.3) is 0 Å². The van der Waals surface area contributed by atoms with Gasteiger partial charge in [0.2, 0.25) is 0 Å². The molecule has 0 aliphatic rings. The van der Waals surface area contributed by atoms with E-state index in [4.69, 9.17) is 9.47 Å². The van der Waals surface area contributed by atoms with Crippen LogP contribution in [0.3, 0.4) is 0 Å². The zero-order valence-corrected chi connectivity index (χ0v) is 27.8. The topological polar surface area (TPSA) is 72.8 Å². The third-order valence-electron chi connectivity index (χ3n) is 7.75. The van der Waals surface area contributed by atoms with E-state index in [1.165, 1.54) is 109 Å². The fraction of sp³-hybridized carbons (Fsp3) is 0.838. The molecule has 0 amide bonds. The quantitative estimate of drug-likeness (QED) is 0.0478. The predicted octanol–water partition coefficient (Wildman–Crippen LogP) is 10.7. The minimum Gasteiger partial charge on any atom is -0.462 e. The van der Waals surface area contributed by atoms with Crippen molar-refractivity contribution in [1.29, 1.82) is 0 Å². The summed E-state index contributed by atoms with van der Waals surface area (Å²) in [5, 5.41) is 9.50. The van der Waals surface area contributed by atoms with Crippen molar-refractivity contribution in [3.8, 4) is 0 Å². The third-order valence-corrected chi connectivity index (χ3v) is 7.75. The van der Waals surface area contributed by atoms with Crippen molar-refractivity contribution in [1.82, 2.24) is 0 Å².